The third-order valence-corrected chi connectivity index (χ3v) is 3.67. The van der Waals surface area contributed by atoms with Crippen molar-refractivity contribution >= 4 is 23.3 Å². The van der Waals surface area contributed by atoms with Crippen molar-refractivity contribution in [2.75, 3.05) is 11.1 Å². The molecule has 0 aliphatic heterocycles. The van der Waals surface area contributed by atoms with E-state index in [-0.39, 0.29) is 5.91 Å². The monoisotopic (exact) mass is 326 g/mol. The van der Waals surface area contributed by atoms with Gasteiger partial charge in [-0.25, -0.2) is 4.79 Å². The third kappa shape index (κ3) is 4.35. The summed E-state index contributed by atoms with van der Waals surface area (Å²) in [5.74, 6) is -0.911. The van der Waals surface area contributed by atoms with Gasteiger partial charge in [0.05, 0.1) is 5.56 Å². The lowest BCUT2D eigenvalue weighted by Gasteiger charge is -2.17. The molecule has 1 amide bonds. The summed E-state index contributed by atoms with van der Waals surface area (Å²) in [6.45, 7) is 5.70. The van der Waals surface area contributed by atoms with E-state index >= 15 is 0 Å². The first-order chi connectivity index (χ1) is 11.4. The molecule has 24 heavy (non-hydrogen) atoms. The summed E-state index contributed by atoms with van der Waals surface area (Å²) in [4.78, 5) is 24.6. The fraction of sp³-hybridized carbons (Fsp3) is 0.263. The molecule has 3 N–H and O–H groups in total. The number of amides is 1. The normalized spacial score (nSPS) is 11.6. The Hall–Kier alpha value is -2.82. The van der Waals surface area contributed by atoms with Crippen molar-refractivity contribution in [2.24, 2.45) is 0 Å². The van der Waals surface area contributed by atoms with Gasteiger partial charge in [-0.15, -0.1) is 0 Å². The van der Waals surface area contributed by atoms with Gasteiger partial charge in [-0.2, -0.15) is 0 Å². The minimum atomic E-state index is -0.861. The second kappa shape index (κ2) is 7.64. The van der Waals surface area contributed by atoms with Crippen LogP contribution in [0.5, 0.6) is 0 Å². The van der Waals surface area contributed by atoms with E-state index in [0.29, 0.717) is 23.4 Å². The van der Waals surface area contributed by atoms with E-state index in [9.17, 15) is 9.59 Å². The Balaban J connectivity index is 2.07. The van der Waals surface area contributed by atoms with Crippen LogP contribution in [0, 0.1) is 13.8 Å². The molecule has 0 heterocycles. The van der Waals surface area contributed by atoms with Gasteiger partial charge in [0.15, 0.2) is 6.10 Å². The minimum absolute atomic E-state index is 0.327. The summed E-state index contributed by atoms with van der Waals surface area (Å²) < 4.78 is 5.33. The lowest BCUT2D eigenvalue weighted by Crippen LogP contribution is -2.32. The zero-order chi connectivity index (χ0) is 17.7. The maximum Gasteiger partial charge on any atom is 0.338 e. The van der Waals surface area contributed by atoms with E-state index in [1.807, 2.05) is 32.0 Å². The Morgan fingerprint density at radius 2 is 1.92 bits per heavy atom. The number of esters is 1. The van der Waals surface area contributed by atoms with Crippen LogP contribution in [-0.2, 0) is 9.53 Å². The van der Waals surface area contributed by atoms with Gasteiger partial charge >= 0.3 is 5.97 Å². The molecule has 0 aromatic heterocycles. The van der Waals surface area contributed by atoms with Crippen LogP contribution in [0.4, 0.5) is 11.4 Å². The number of nitrogens with one attached hydrogen (secondary N) is 1. The maximum atomic E-state index is 12.4. The molecule has 0 saturated carbocycles. The Kier molecular flexibility index (Phi) is 5.58. The molecule has 126 valence electrons. The Morgan fingerprint density at radius 3 is 2.54 bits per heavy atom. The number of ether oxygens (including phenoxy) is 1. The molecule has 0 fully saturated rings. The second-order valence-electron chi connectivity index (χ2n) is 5.74. The molecule has 2 aromatic rings. The largest absolute Gasteiger partial charge is 0.449 e. The van der Waals surface area contributed by atoms with Crippen molar-refractivity contribution in [1.29, 1.82) is 0 Å². The summed E-state index contributed by atoms with van der Waals surface area (Å²) in [7, 11) is 0. The van der Waals surface area contributed by atoms with Crippen molar-refractivity contribution in [3.05, 3.63) is 59.2 Å². The second-order valence-corrected chi connectivity index (χ2v) is 5.74. The van der Waals surface area contributed by atoms with Gasteiger partial charge in [-0.05, 0) is 50.1 Å². The fourth-order valence-electron chi connectivity index (χ4n) is 2.35. The van der Waals surface area contributed by atoms with E-state index in [2.05, 4.69) is 5.32 Å². The molecule has 0 aliphatic carbocycles. The van der Waals surface area contributed by atoms with Crippen LogP contribution >= 0.6 is 0 Å². The van der Waals surface area contributed by atoms with Gasteiger partial charge in [0.2, 0.25) is 0 Å². The van der Waals surface area contributed by atoms with Crippen LogP contribution in [0.3, 0.4) is 0 Å². The molecule has 0 bridgehead atoms. The summed E-state index contributed by atoms with van der Waals surface area (Å²) in [5.41, 5.74) is 9.25. The smallest absolute Gasteiger partial charge is 0.338 e. The van der Waals surface area contributed by atoms with Crippen LogP contribution in [0.15, 0.2) is 42.5 Å². The molecule has 5 heteroatoms. The van der Waals surface area contributed by atoms with Crippen molar-refractivity contribution in [3.8, 4) is 0 Å². The summed E-state index contributed by atoms with van der Waals surface area (Å²) in [6.07, 6.45) is -0.482. The zero-order valence-corrected chi connectivity index (χ0v) is 14.1. The third-order valence-electron chi connectivity index (χ3n) is 3.67. The standard InChI is InChI=1S/C19H22N2O3/c1-4-17(24-19(23)14-6-5-7-15(20)11-14)18(22)21-16-9-8-12(2)10-13(16)3/h5-11,17H,4,20H2,1-3H3,(H,21,22). The number of anilines is 2. The topological polar surface area (TPSA) is 81.4 Å². The molecule has 0 aliphatic rings. The Labute approximate surface area is 141 Å². The molecule has 0 spiro atoms. The number of nitrogens with two attached hydrogens (primary N) is 1. The van der Waals surface area contributed by atoms with E-state index in [1.165, 1.54) is 6.07 Å². The first-order valence-electron chi connectivity index (χ1n) is 7.85. The van der Waals surface area contributed by atoms with Gasteiger partial charge in [0.25, 0.3) is 5.91 Å². The van der Waals surface area contributed by atoms with Gasteiger partial charge < -0.3 is 15.8 Å². The van der Waals surface area contributed by atoms with Crippen LogP contribution in [-0.4, -0.2) is 18.0 Å². The van der Waals surface area contributed by atoms with Gasteiger partial charge in [-0.3, -0.25) is 4.79 Å². The van der Waals surface area contributed by atoms with Crippen LogP contribution in [0.25, 0.3) is 0 Å². The molecule has 0 radical (unpaired) electrons. The number of carbonyl (C=O) groups excluding carboxylic acids is 2. The highest BCUT2D eigenvalue weighted by molar-refractivity contribution is 5.98. The fourth-order valence-corrected chi connectivity index (χ4v) is 2.35. The quantitative estimate of drug-likeness (QED) is 0.651. The number of hydrogen-bond donors (Lipinski definition) is 2. The van der Waals surface area contributed by atoms with E-state index < -0.39 is 12.1 Å². The molecule has 2 rings (SSSR count). The van der Waals surface area contributed by atoms with Crippen LogP contribution < -0.4 is 11.1 Å². The molecular formula is C19H22N2O3. The first-order valence-corrected chi connectivity index (χ1v) is 7.85. The number of carbonyl (C=O) groups is 2. The predicted octanol–water partition coefficient (Wildman–Crippen LogP) is 3.46. The molecule has 0 saturated heterocycles. The predicted molar refractivity (Wildman–Crippen MR) is 94.9 cm³/mol. The number of hydrogen-bond acceptors (Lipinski definition) is 4. The Morgan fingerprint density at radius 1 is 1.17 bits per heavy atom. The highest BCUT2D eigenvalue weighted by Gasteiger charge is 2.22. The van der Waals surface area contributed by atoms with Crippen molar-refractivity contribution in [3.63, 3.8) is 0 Å². The Bertz CT molecular complexity index is 756. The van der Waals surface area contributed by atoms with Crippen molar-refractivity contribution in [1.82, 2.24) is 0 Å². The highest BCUT2D eigenvalue weighted by atomic mass is 16.5. The SMILES string of the molecule is CCC(OC(=O)c1cccc(N)c1)C(=O)Nc1ccc(C)cc1C. The molecule has 1 atom stereocenters. The van der Waals surface area contributed by atoms with Crippen molar-refractivity contribution in [2.45, 2.75) is 33.3 Å². The molecule has 2 aromatic carbocycles. The number of rotatable bonds is 5. The molecule has 1 unspecified atom stereocenters. The zero-order valence-electron chi connectivity index (χ0n) is 14.1. The van der Waals surface area contributed by atoms with E-state index in [0.717, 1.165) is 11.1 Å². The van der Waals surface area contributed by atoms with Crippen LogP contribution in [0.2, 0.25) is 0 Å². The molecule has 5 nitrogen and oxygen atoms in total. The van der Waals surface area contributed by atoms with Gasteiger partial charge in [0.1, 0.15) is 0 Å². The van der Waals surface area contributed by atoms with Gasteiger partial charge in [-0.1, -0.05) is 30.7 Å². The van der Waals surface area contributed by atoms with Crippen molar-refractivity contribution < 1.29 is 14.3 Å². The number of benzene rings is 2. The summed E-state index contributed by atoms with van der Waals surface area (Å²) in [6, 6.07) is 12.2. The number of aryl methyl sites for hydroxylation is 2. The number of nitrogen functional groups attached to an aromatic ring is 1. The highest BCUT2D eigenvalue weighted by Crippen LogP contribution is 2.17. The van der Waals surface area contributed by atoms with E-state index in [4.69, 9.17) is 10.5 Å². The first kappa shape index (κ1) is 17.5. The molecular weight excluding hydrogens is 304 g/mol. The lowest BCUT2D eigenvalue weighted by atomic mass is 10.1. The lowest BCUT2D eigenvalue weighted by molar-refractivity contribution is -0.124. The minimum Gasteiger partial charge on any atom is -0.449 e. The average Bonchev–Trinajstić information content (AvgIpc) is 2.54. The van der Waals surface area contributed by atoms with Crippen LogP contribution in [0.1, 0.15) is 34.8 Å². The van der Waals surface area contributed by atoms with E-state index in [1.54, 1.807) is 25.1 Å². The van der Waals surface area contributed by atoms with Gasteiger partial charge in [0, 0.05) is 11.4 Å². The average molecular weight is 326 g/mol. The summed E-state index contributed by atoms with van der Waals surface area (Å²) >= 11 is 0. The summed E-state index contributed by atoms with van der Waals surface area (Å²) in [5, 5.41) is 2.82. The maximum absolute atomic E-state index is 12.4.